The summed E-state index contributed by atoms with van der Waals surface area (Å²) in [5.74, 6) is -1.54. The highest BCUT2D eigenvalue weighted by molar-refractivity contribution is 5.84. The lowest BCUT2D eigenvalue weighted by molar-refractivity contribution is -0.142. The Kier molecular flexibility index (Phi) is 12.2. The Labute approximate surface area is 133 Å². The molecule has 0 rings (SSSR count). The Morgan fingerprint density at radius 1 is 0.909 bits per heavy atom. The van der Waals surface area contributed by atoms with Crippen LogP contribution in [0.15, 0.2) is 0 Å². The number of carboxylic acid groups (broad SMARTS) is 1. The van der Waals surface area contributed by atoms with E-state index in [9.17, 15) is 14.4 Å². The van der Waals surface area contributed by atoms with Crippen molar-refractivity contribution >= 4 is 17.8 Å². The van der Waals surface area contributed by atoms with E-state index in [4.69, 9.17) is 5.11 Å². The molecule has 0 aliphatic rings. The topological polar surface area (TPSA) is 95.5 Å². The molecule has 1 unspecified atom stereocenters. The quantitative estimate of drug-likeness (QED) is 0.454. The van der Waals surface area contributed by atoms with Gasteiger partial charge in [-0.25, -0.2) is 4.79 Å². The molecule has 0 aliphatic carbocycles. The van der Waals surface area contributed by atoms with Crippen LogP contribution in [0.25, 0.3) is 0 Å². The average molecular weight is 314 g/mol. The van der Waals surface area contributed by atoms with Gasteiger partial charge in [0.05, 0.1) is 0 Å². The molecule has 3 N–H and O–H groups in total. The van der Waals surface area contributed by atoms with Gasteiger partial charge in [0.25, 0.3) is 0 Å². The number of rotatable bonds is 13. The third kappa shape index (κ3) is 11.1. The summed E-state index contributed by atoms with van der Waals surface area (Å²) in [5.41, 5.74) is 0. The summed E-state index contributed by atoms with van der Waals surface area (Å²) >= 11 is 0. The lowest BCUT2D eigenvalue weighted by atomic mass is 10.1. The van der Waals surface area contributed by atoms with Crippen LogP contribution in [-0.4, -0.2) is 35.5 Å². The Hall–Kier alpha value is -1.59. The minimum absolute atomic E-state index is 0.0993. The van der Waals surface area contributed by atoms with E-state index >= 15 is 0 Å². The van der Waals surface area contributed by atoms with Crippen molar-refractivity contribution in [2.24, 2.45) is 0 Å². The van der Waals surface area contributed by atoms with Gasteiger partial charge in [-0.05, 0) is 19.8 Å². The molecule has 0 spiro atoms. The van der Waals surface area contributed by atoms with Gasteiger partial charge in [-0.15, -0.1) is 0 Å². The zero-order valence-electron chi connectivity index (χ0n) is 13.8. The number of aliphatic carboxylic acids is 1. The molecule has 128 valence electrons. The summed E-state index contributed by atoms with van der Waals surface area (Å²) in [6, 6.07) is -0.991. The average Bonchev–Trinajstić information content (AvgIpc) is 2.47. The first-order chi connectivity index (χ1) is 10.5. The molecule has 0 fully saturated rings. The lowest BCUT2D eigenvalue weighted by Crippen LogP contribution is -2.41. The van der Waals surface area contributed by atoms with Gasteiger partial charge in [-0.2, -0.15) is 0 Å². The molecule has 0 aromatic rings. The number of hydrogen-bond donors (Lipinski definition) is 3. The Morgan fingerprint density at radius 3 is 2.14 bits per heavy atom. The fourth-order valence-electron chi connectivity index (χ4n) is 2.15. The van der Waals surface area contributed by atoms with Gasteiger partial charge >= 0.3 is 5.97 Å². The predicted molar refractivity (Wildman–Crippen MR) is 85.5 cm³/mol. The van der Waals surface area contributed by atoms with Crippen LogP contribution in [0, 0.1) is 0 Å². The van der Waals surface area contributed by atoms with E-state index in [-0.39, 0.29) is 24.7 Å². The summed E-state index contributed by atoms with van der Waals surface area (Å²) in [5, 5.41) is 14.2. The predicted octanol–water partition coefficient (Wildman–Crippen LogP) is 2.22. The third-order valence-corrected chi connectivity index (χ3v) is 3.42. The first-order valence-corrected chi connectivity index (χ1v) is 8.30. The highest BCUT2D eigenvalue weighted by Crippen LogP contribution is 2.07. The molecule has 0 heterocycles. The molecular formula is C16H30N2O4. The molecule has 22 heavy (non-hydrogen) atoms. The van der Waals surface area contributed by atoms with Crippen molar-refractivity contribution in [1.82, 2.24) is 10.6 Å². The van der Waals surface area contributed by atoms with Crippen LogP contribution >= 0.6 is 0 Å². The second-order valence-corrected chi connectivity index (χ2v) is 5.47. The van der Waals surface area contributed by atoms with Crippen LogP contribution < -0.4 is 10.6 Å². The normalized spacial score (nSPS) is 11.7. The van der Waals surface area contributed by atoms with E-state index in [1.54, 1.807) is 6.92 Å². The van der Waals surface area contributed by atoms with E-state index in [1.165, 1.54) is 19.3 Å². The van der Waals surface area contributed by atoms with E-state index in [0.717, 1.165) is 19.3 Å². The molecule has 0 bridgehead atoms. The third-order valence-electron chi connectivity index (χ3n) is 3.42. The van der Waals surface area contributed by atoms with Crippen LogP contribution in [0.2, 0.25) is 0 Å². The summed E-state index contributed by atoms with van der Waals surface area (Å²) in [7, 11) is 0. The van der Waals surface area contributed by atoms with Crippen molar-refractivity contribution in [1.29, 1.82) is 0 Å². The van der Waals surface area contributed by atoms with Gasteiger partial charge in [0.1, 0.15) is 6.04 Å². The first-order valence-electron chi connectivity index (χ1n) is 8.30. The maximum atomic E-state index is 11.7. The van der Waals surface area contributed by atoms with E-state index < -0.39 is 12.0 Å². The summed E-state index contributed by atoms with van der Waals surface area (Å²) in [6.07, 6.45) is 7.02. The lowest BCUT2D eigenvalue weighted by Gasteiger charge is -2.14. The van der Waals surface area contributed by atoms with Crippen LogP contribution in [0.1, 0.15) is 71.6 Å². The molecule has 6 heteroatoms. The minimum atomic E-state index is -1.10. The van der Waals surface area contributed by atoms with Crippen molar-refractivity contribution in [3.05, 3.63) is 0 Å². The molecule has 0 radical (unpaired) electrons. The number of carbonyl (C=O) groups excluding carboxylic acids is 2. The van der Waals surface area contributed by atoms with E-state index in [0.29, 0.717) is 13.0 Å². The maximum Gasteiger partial charge on any atom is 0.326 e. The molecule has 0 saturated heterocycles. The summed E-state index contributed by atoms with van der Waals surface area (Å²) < 4.78 is 0. The summed E-state index contributed by atoms with van der Waals surface area (Å²) in [6.45, 7) is 4.47. The zero-order chi connectivity index (χ0) is 16.8. The molecule has 6 nitrogen and oxygen atoms in total. The number of carbonyl (C=O) groups is 3. The van der Waals surface area contributed by atoms with Gasteiger partial charge in [-0.3, -0.25) is 9.59 Å². The highest BCUT2D eigenvalue weighted by Gasteiger charge is 2.20. The number of hydrogen-bond acceptors (Lipinski definition) is 3. The SMILES string of the molecule is CCCCCCCCC(=O)NC(CCC(=O)NCC)C(=O)O. The Bertz CT molecular complexity index is 345. The van der Waals surface area contributed by atoms with Crippen LogP contribution in [0.5, 0.6) is 0 Å². The van der Waals surface area contributed by atoms with Gasteiger partial charge in [0, 0.05) is 19.4 Å². The largest absolute Gasteiger partial charge is 0.480 e. The minimum Gasteiger partial charge on any atom is -0.480 e. The Morgan fingerprint density at radius 2 is 1.55 bits per heavy atom. The molecular weight excluding hydrogens is 284 g/mol. The van der Waals surface area contributed by atoms with Crippen LogP contribution in [-0.2, 0) is 14.4 Å². The number of carboxylic acids is 1. The fourth-order valence-corrected chi connectivity index (χ4v) is 2.15. The van der Waals surface area contributed by atoms with E-state index in [1.807, 2.05) is 0 Å². The van der Waals surface area contributed by atoms with Gasteiger partial charge < -0.3 is 15.7 Å². The van der Waals surface area contributed by atoms with Gasteiger partial charge in [-0.1, -0.05) is 39.0 Å². The van der Waals surface area contributed by atoms with Crippen molar-refractivity contribution in [2.75, 3.05) is 6.54 Å². The summed E-state index contributed by atoms with van der Waals surface area (Å²) in [4.78, 5) is 34.2. The Balaban J connectivity index is 3.93. The molecule has 2 amide bonds. The van der Waals surface area contributed by atoms with Gasteiger partial charge in [0.15, 0.2) is 0 Å². The van der Waals surface area contributed by atoms with Crippen molar-refractivity contribution in [3.63, 3.8) is 0 Å². The monoisotopic (exact) mass is 314 g/mol. The van der Waals surface area contributed by atoms with Crippen LogP contribution in [0.3, 0.4) is 0 Å². The number of unbranched alkanes of at least 4 members (excludes halogenated alkanes) is 5. The van der Waals surface area contributed by atoms with Crippen molar-refractivity contribution in [2.45, 2.75) is 77.7 Å². The highest BCUT2D eigenvalue weighted by atomic mass is 16.4. The molecule has 1 atom stereocenters. The van der Waals surface area contributed by atoms with Crippen LogP contribution in [0.4, 0.5) is 0 Å². The molecule has 0 aromatic heterocycles. The smallest absolute Gasteiger partial charge is 0.326 e. The van der Waals surface area contributed by atoms with E-state index in [2.05, 4.69) is 17.6 Å². The fraction of sp³-hybridized carbons (Fsp3) is 0.812. The zero-order valence-corrected chi connectivity index (χ0v) is 13.8. The molecule has 0 aromatic carbocycles. The second kappa shape index (κ2) is 13.1. The second-order valence-electron chi connectivity index (χ2n) is 5.47. The maximum absolute atomic E-state index is 11.7. The standard InChI is InChI=1S/C16H30N2O4/c1-3-5-6-7-8-9-10-15(20)18-13(16(21)22)11-12-14(19)17-4-2/h13H,3-12H2,1-2H3,(H,17,19)(H,18,20)(H,21,22). The van der Waals surface area contributed by atoms with Crippen molar-refractivity contribution < 1.29 is 19.5 Å². The number of nitrogens with one attached hydrogen (secondary N) is 2. The number of amides is 2. The van der Waals surface area contributed by atoms with Crippen molar-refractivity contribution in [3.8, 4) is 0 Å². The molecule has 0 saturated carbocycles. The molecule has 0 aliphatic heterocycles. The first kappa shape index (κ1) is 20.4. The van der Waals surface area contributed by atoms with Gasteiger partial charge in [0.2, 0.25) is 11.8 Å².